The quantitative estimate of drug-likeness (QED) is 0.334. The summed E-state index contributed by atoms with van der Waals surface area (Å²) in [5.74, 6) is -0.961. The number of allylic oxidation sites excluding steroid dienone is 1. The predicted octanol–water partition coefficient (Wildman–Crippen LogP) is 6.89. The lowest BCUT2D eigenvalue weighted by Crippen LogP contribution is -2.46. The number of halogens is 8. The summed E-state index contributed by atoms with van der Waals surface area (Å²) in [6.45, 7) is -0.0598. The molecule has 1 aliphatic rings. The Hall–Kier alpha value is -1.88. The molecular formula is C21H16Cl2F6NO2S+. The topological polar surface area (TPSA) is 49.3 Å². The number of carbonyl (C=O) groups is 1. The molecule has 0 aromatic heterocycles. The highest BCUT2D eigenvalue weighted by Crippen LogP contribution is 2.56. The van der Waals surface area contributed by atoms with E-state index in [0.29, 0.717) is 5.56 Å². The van der Waals surface area contributed by atoms with Crippen molar-refractivity contribution in [3.05, 3.63) is 74.1 Å². The van der Waals surface area contributed by atoms with Crippen molar-refractivity contribution in [2.45, 2.75) is 30.4 Å². The van der Waals surface area contributed by atoms with Gasteiger partial charge in [0.2, 0.25) is 0 Å². The van der Waals surface area contributed by atoms with Gasteiger partial charge >= 0.3 is 12.4 Å². The molecule has 3 nitrogen and oxygen atoms in total. The van der Waals surface area contributed by atoms with Crippen LogP contribution >= 0.6 is 23.2 Å². The molecule has 2 N–H and O–H groups in total. The van der Waals surface area contributed by atoms with Gasteiger partial charge in [-0.15, -0.1) is 0 Å². The second kappa shape index (κ2) is 9.05. The molecule has 0 aliphatic carbocycles. The summed E-state index contributed by atoms with van der Waals surface area (Å²) in [6, 6.07) is 7.44. The van der Waals surface area contributed by atoms with Gasteiger partial charge in [0.1, 0.15) is 6.54 Å². The number of nitrogens with one attached hydrogen (secondary N) is 1. The van der Waals surface area contributed by atoms with Gasteiger partial charge in [-0.2, -0.15) is 30.9 Å². The van der Waals surface area contributed by atoms with Crippen molar-refractivity contribution in [3.8, 4) is 0 Å². The average molecular weight is 531 g/mol. The van der Waals surface area contributed by atoms with Crippen LogP contribution in [0.3, 0.4) is 0 Å². The highest BCUT2D eigenvalue weighted by Gasteiger charge is 2.71. The molecule has 12 heteroatoms. The molecule has 33 heavy (non-hydrogen) atoms. The van der Waals surface area contributed by atoms with Crippen LogP contribution in [0.15, 0.2) is 41.8 Å². The van der Waals surface area contributed by atoms with Crippen LogP contribution in [-0.2, 0) is 15.9 Å². The number of benzene rings is 2. The van der Waals surface area contributed by atoms with Crippen LogP contribution in [0.4, 0.5) is 26.3 Å². The standard InChI is InChI=1S/C21H15Cl2F6NO2S/c1-11-4-12(2-3-17(11)18(31)30-10-20(24,25)26)13-8-19(21(27,28)29,33(32)9-13)14-5-15(22)7-16(23)6-14/h2-7,9,32H,8,10H2,1H3/p+1. The highest BCUT2D eigenvalue weighted by atomic mass is 35.5. The first-order valence-corrected chi connectivity index (χ1v) is 11.3. The number of hydrogen-bond acceptors (Lipinski definition) is 2. The lowest BCUT2D eigenvalue weighted by Gasteiger charge is -2.27. The Labute approximate surface area is 197 Å². The fraction of sp³-hybridized carbons (Fsp3) is 0.286. The van der Waals surface area contributed by atoms with Crippen molar-refractivity contribution < 1.29 is 35.7 Å². The Bertz CT molecular complexity index is 1100. The van der Waals surface area contributed by atoms with Gasteiger partial charge in [-0.3, -0.25) is 4.79 Å². The van der Waals surface area contributed by atoms with Crippen LogP contribution in [-0.4, -0.2) is 29.4 Å². The molecule has 0 saturated heterocycles. The maximum atomic E-state index is 14.3. The van der Waals surface area contributed by atoms with E-state index in [2.05, 4.69) is 0 Å². The molecule has 0 bridgehead atoms. The first-order valence-electron chi connectivity index (χ1n) is 9.26. The van der Waals surface area contributed by atoms with Crippen molar-refractivity contribution >= 4 is 45.9 Å². The summed E-state index contributed by atoms with van der Waals surface area (Å²) in [6.07, 6.45) is -10.1. The van der Waals surface area contributed by atoms with Gasteiger partial charge < -0.3 is 5.32 Å². The summed E-state index contributed by atoms with van der Waals surface area (Å²) in [7, 11) is 0. The fourth-order valence-corrected chi connectivity index (χ4v) is 5.69. The van der Waals surface area contributed by atoms with Crippen LogP contribution in [0.2, 0.25) is 10.0 Å². The van der Waals surface area contributed by atoms with E-state index in [0.717, 1.165) is 17.5 Å². The lowest BCUT2D eigenvalue weighted by atomic mass is 9.87. The van der Waals surface area contributed by atoms with Crippen LogP contribution in [0, 0.1) is 6.92 Å². The smallest absolute Gasteiger partial charge is 0.343 e. The zero-order chi connectivity index (χ0) is 24.8. The third-order valence-corrected chi connectivity index (χ3v) is 7.40. The molecule has 1 amide bonds. The second-order valence-corrected chi connectivity index (χ2v) is 9.88. The minimum atomic E-state index is -4.86. The molecule has 0 spiro atoms. The molecule has 3 rings (SSSR count). The van der Waals surface area contributed by atoms with Crippen molar-refractivity contribution in [3.63, 3.8) is 0 Å². The first kappa shape index (κ1) is 25.7. The summed E-state index contributed by atoms with van der Waals surface area (Å²) < 4.78 is 87.9. The Morgan fingerprint density at radius 1 is 1.09 bits per heavy atom. The van der Waals surface area contributed by atoms with E-state index in [1.54, 1.807) is 5.32 Å². The van der Waals surface area contributed by atoms with Gasteiger partial charge in [-0.1, -0.05) is 35.3 Å². The predicted molar refractivity (Wildman–Crippen MR) is 116 cm³/mol. The van der Waals surface area contributed by atoms with E-state index in [9.17, 15) is 35.7 Å². The normalized spacial score (nSPS) is 21.2. The molecule has 0 saturated carbocycles. The molecule has 0 radical (unpaired) electrons. The Morgan fingerprint density at radius 3 is 2.21 bits per heavy atom. The molecule has 0 fully saturated rings. The van der Waals surface area contributed by atoms with E-state index in [-0.39, 0.29) is 32.3 Å². The fourth-order valence-electron chi connectivity index (χ4n) is 3.58. The van der Waals surface area contributed by atoms with E-state index in [4.69, 9.17) is 23.2 Å². The number of amides is 1. The first-order chi connectivity index (χ1) is 15.1. The van der Waals surface area contributed by atoms with Crippen molar-refractivity contribution in [1.29, 1.82) is 0 Å². The maximum Gasteiger partial charge on any atom is 0.448 e. The summed E-state index contributed by atoms with van der Waals surface area (Å²) in [5, 5.41) is 2.81. The van der Waals surface area contributed by atoms with Crippen LogP contribution in [0.1, 0.15) is 33.5 Å². The molecular weight excluding hydrogens is 515 g/mol. The Morgan fingerprint density at radius 2 is 1.70 bits per heavy atom. The van der Waals surface area contributed by atoms with Crippen molar-refractivity contribution in [1.82, 2.24) is 5.32 Å². The summed E-state index contributed by atoms with van der Waals surface area (Å²) >= 11 is 9.54. The van der Waals surface area contributed by atoms with Gasteiger partial charge in [0, 0.05) is 33.2 Å². The summed E-state index contributed by atoms with van der Waals surface area (Å²) in [4.78, 5) is 12.0. The maximum absolute atomic E-state index is 14.3. The van der Waals surface area contributed by atoms with Gasteiger partial charge in [0.25, 0.3) is 10.7 Å². The molecule has 1 heterocycles. The average Bonchev–Trinajstić information content (AvgIpc) is 3.03. The van der Waals surface area contributed by atoms with Crippen molar-refractivity contribution in [2.75, 3.05) is 6.54 Å². The van der Waals surface area contributed by atoms with E-state index in [1.807, 2.05) is 0 Å². The second-order valence-electron chi connectivity index (χ2n) is 7.44. The number of hydrogen-bond donors (Lipinski definition) is 2. The zero-order valence-electron chi connectivity index (χ0n) is 16.7. The summed E-state index contributed by atoms with van der Waals surface area (Å²) in [5.41, 5.74) is 0.393. The van der Waals surface area contributed by atoms with Gasteiger partial charge in [-0.25, -0.2) is 0 Å². The van der Waals surface area contributed by atoms with Crippen LogP contribution < -0.4 is 5.32 Å². The van der Waals surface area contributed by atoms with E-state index >= 15 is 0 Å². The SMILES string of the molecule is Cc1cc(C2=C[S+](O)C(c3cc(Cl)cc(Cl)c3)(C(F)(F)F)C2)ccc1C(=O)NCC(F)(F)F. The minimum Gasteiger partial charge on any atom is -0.343 e. The highest BCUT2D eigenvalue weighted by molar-refractivity contribution is 7.95. The Kier molecular flexibility index (Phi) is 7.06. The number of alkyl halides is 6. The number of rotatable bonds is 4. The third-order valence-electron chi connectivity index (χ3n) is 5.13. The van der Waals surface area contributed by atoms with Gasteiger partial charge in [-0.05, 0) is 42.3 Å². The number of aryl methyl sites for hydroxylation is 1. The van der Waals surface area contributed by atoms with Crippen LogP contribution in [0.5, 0.6) is 0 Å². The lowest BCUT2D eigenvalue weighted by molar-refractivity contribution is -0.162. The zero-order valence-corrected chi connectivity index (χ0v) is 19.1. The molecule has 2 atom stereocenters. The monoisotopic (exact) mass is 530 g/mol. The van der Waals surface area contributed by atoms with Gasteiger partial charge in [0.15, 0.2) is 16.6 Å². The Balaban J connectivity index is 1.95. The minimum absolute atomic E-state index is 0.0170. The third kappa shape index (κ3) is 5.29. The van der Waals surface area contributed by atoms with Crippen LogP contribution in [0.25, 0.3) is 5.57 Å². The molecule has 178 valence electrons. The molecule has 2 aromatic carbocycles. The molecule has 2 aromatic rings. The van der Waals surface area contributed by atoms with Gasteiger partial charge in [0.05, 0.1) is 0 Å². The van der Waals surface area contributed by atoms with Crippen molar-refractivity contribution in [2.24, 2.45) is 0 Å². The van der Waals surface area contributed by atoms with E-state index < -0.39 is 47.1 Å². The number of carbonyl (C=O) groups excluding carboxylic acids is 1. The molecule has 1 aliphatic heterocycles. The van der Waals surface area contributed by atoms with E-state index in [1.165, 1.54) is 31.2 Å². The largest absolute Gasteiger partial charge is 0.448 e. The molecule has 2 unspecified atom stereocenters.